The van der Waals surface area contributed by atoms with Gasteiger partial charge in [-0.1, -0.05) is 29.4 Å². The zero-order valence-corrected chi connectivity index (χ0v) is 16.7. The van der Waals surface area contributed by atoms with Gasteiger partial charge in [0.25, 0.3) is 0 Å². The largest absolute Gasteiger partial charge is 0.465 e. The van der Waals surface area contributed by atoms with E-state index in [1.807, 2.05) is 24.3 Å². The number of alkyl halides is 1. The first kappa shape index (κ1) is 21.3. The third-order valence-corrected chi connectivity index (χ3v) is 6.73. The molecule has 2 rings (SSSR count). The van der Waals surface area contributed by atoms with Crippen molar-refractivity contribution in [3.8, 4) is 0 Å². The lowest BCUT2D eigenvalue weighted by atomic mass is 9.96. The minimum Gasteiger partial charge on any atom is -0.465 e. The number of nitrogens with zero attached hydrogens (tertiary/aromatic N) is 1. The number of carbonyl (C=O) groups excluding carboxylic acids is 1. The van der Waals surface area contributed by atoms with Gasteiger partial charge in [-0.2, -0.15) is 0 Å². The van der Waals surface area contributed by atoms with Gasteiger partial charge in [0.05, 0.1) is 19.0 Å². The summed E-state index contributed by atoms with van der Waals surface area (Å²) in [4.78, 5) is 17.7. The smallest absolute Gasteiger partial charge is 0.327 e. The molecule has 150 valence electrons. The summed E-state index contributed by atoms with van der Waals surface area (Å²) in [7, 11) is -3.71. The second kappa shape index (κ2) is 8.82. The predicted octanol–water partition coefficient (Wildman–Crippen LogP) is 2.84. The molecule has 2 atom stereocenters. The average Bonchev–Trinajstić information content (AvgIpc) is 3.08. The molecule has 0 radical (unpaired) electrons. The predicted molar refractivity (Wildman–Crippen MR) is 101 cm³/mol. The first-order valence-electron chi connectivity index (χ1n) is 8.96. The van der Waals surface area contributed by atoms with Crippen LogP contribution in [0.5, 0.6) is 0 Å². The maximum atomic E-state index is 12.3. The highest BCUT2D eigenvalue weighted by Crippen LogP contribution is 2.30. The molecule has 1 heterocycles. The third-order valence-electron chi connectivity index (χ3n) is 4.76. The Hall–Kier alpha value is -1.96. The zero-order valence-electron chi connectivity index (χ0n) is 15.9. The fourth-order valence-corrected chi connectivity index (χ4v) is 3.80. The van der Waals surface area contributed by atoms with E-state index in [1.54, 1.807) is 6.92 Å². The van der Waals surface area contributed by atoms with E-state index in [1.165, 1.54) is 6.92 Å². The average molecular weight is 399 g/mol. The molecule has 1 aliphatic heterocycles. The number of oxime groups is 1. The molecular weight excluding hydrogens is 373 g/mol. The molecule has 0 aliphatic carbocycles. The molecule has 27 heavy (non-hydrogen) atoms. The number of carbonyl (C=O) groups is 1. The first-order chi connectivity index (χ1) is 12.7. The molecule has 0 spiro atoms. The minimum atomic E-state index is -3.71. The number of ether oxygens (including phenoxy) is 1. The fraction of sp³-hybridized carbons (Fsp3) is 0.579. The Balaban J connectivity index is 2.06. The summed E-state index contributed by atoms with van der Waals surface area (Å²) in [5.74, 6) is -0.776. The van der Waals surface area contributed by atoms with Crippen LogP contribution in [0.15, 0.2) is 29.4 Å². The maximum absolute atomic E-state index is 12.3. The zero-order chi connectivity index (χ0) is 20.1. The topological polar surface area (TPSA) is 82.0 Å². The van der Waals surface area contributed by atoms with Crippen molar-refractivity contribution in [2.24, 2.45) is 5.16 Å². The standard InChI is InChI=1S/C19H26FNO5S/c1-4-25-18(22)19(2,27(3,23)24)13-16-12-17(21-26-16)15-9-7-14(8-10-15)6-5-11-20/h7-10,16H,4-6,11-13H2,1-3H3. The number of rotatable bonds is 9. The number of esters is 1. The van der Waals surface area contributed by atoms with E-state index in [0.29, 0.717) is 25.0 Å². The number of sulfone groups is 1. The molecule has 0 saturated heterocycles. The number of halogens is 1. The van der Waals surface area contributed by atoms with Crippen molar-refractivity contribution in [1.82, 2.24) is 0 Å². The van der Waals surface area contributed by atoms with Crippen LogP contribution < -0.4 is 0 Å². The van der Waals surface area contributed by atoms with Crippen molar-refractivity contribution in [2.75, 3.05) is 19.5 Å². The minimum absolute atomic E-state index is 0.0355. The normalized spacial score (nSPS) is 19.1. The third kappa shape index (κ3) is 5.06. The molecule has 1 aromatic rings. The SMILES string of the molecule is CCOC(=O)C(C)(CC1CC(c2ccc(CCCF)cc2)=NO1)S(C)(=O)=O. The van der Waals surface area contributed by atoms with Crippen molar-refractivity contribution >= 4 is 21.5 Å². The van der Waals surface area contributed by atoms with Gasteiger partial charge in [0.15, 0.2) is 14.6 Å². The Labute approximate surface area is 159 Å². The first-order valence-corrected chi connectivity index (χ1v) is 10.8. The van der Waals surface area contributed by atoms with Crippen molar-refractivity contribution in [1.29, 1.82) is 0 Å². The van der Waals surface area contributed by atoms with E-state index >= 15 is 0 Å². The number of benzene rings is 1. The number of hydrogen-bond donors (Lipinski definition) is 0. The summed E-state index contributed by atoms with van der Waals surface area (Å²) >= 11 is 0. The Bertz CT molecular complexity index is 791. The summed E-state index contributed by atoms with van der Waals surface area (Å²) in [6.45, 7) is 2.75. The Morgan fingerprint density at radius 2 is 2.04 bits per heavy atom. The molecule has 0 N–H and O–H groups in total. The Morgan fingerprint density at radius 3 is 2.59 bits per heavy atom. The molecule has 6 nitrogen and oxygen atoms in total. The van der Waals surface area contributed by atoms with Gasteiger partial charge in [-0.3, -0.25) is 9.18 Å². The lowest BCUT2D eigenvalue weighted by Gasteiger charge is -2.27. The molecule has 0 bridgehead atoms. The molecule has 0 fully saturated rings. The molecule has 0 saturated carbocycles. The van der Waals surface area contributed by atoms with Crippen LogP contribution in [-0.2, 0) is 30.6 Å². The lowest BCUT2D eigenvalue weighted by molar-refractivity contribution is -0.146. The van der Waals surface area contributed by atoms with Gasteiger partial charge in [-0.05, 0) is 37.8 Å². The molecule has 8 heteroatoms. The highest BCUT2D eigenvalue weighted by Gasteiger charge is 2.48. The fourth-order valence-electron chi connectivity index (χ4n) is 2.95. The quantitative estimate of drug-likeness (QED) is 0.597. The van der Waals surface area contributed by atoms with Crippen LogP contribution in [0.1, 0.15) is 44.2 Å². The van der Waals surface area contributed by atoms with Gasteiger partial charge in [0.2, 0.25) is 0 Å². The molecular formula is C19H26FNO5S. The van der Waals surface area contributed by atoms with Crippen LogP contribution in [0.4, 0.5) is 4.39 Å². The molecule has 1 aromatic carbocycles. The van der Waals surface area contributed by atoms with Gasteiger partial charge in [-0.15, -0.1) is 0 Å². The Kier molecular flexibility index (Phi) is 6.97. The van der Waals surface area contributed by atoms with Crippen LogP contribution in [0.3, 0.4) is 0 Å². The maximum Gasteiger partial charge on any atom is 0.327 e. The van der Waals surface area contributed by atoms with Crippen LogP contribution in [0.25, 0.3) is 0 Å². The summed E-state index contributed by atoms with van der Waals surface area (Å²) in [6.07, 6.45) is 2.02. The van der Waals surface area contributed by atoms with Crippen molar-refractivity contribution < 1.29 is 27.2 Å². The van der Waals surface area contributed by atoms with Crippen molar-refractivity contribution in [3.05, 3.63) is 35.4 Å². The van der Waals surface area contributed by atoms with E-state index in [4.69, 9.17) is 9.57 Å². The summed E-state index contributed by atoms with van der Waals surface area (Å²) < 4.78 is 40.0. The van der Waals surface area contributed by atoms with Crippen LogP contribution in [0, 0.1) is 0 Å². The molecule has 2 unspecified atom stereocenters. The van der Waals surface area contributed by atoms with E-state index in [0.717, 1.165) is 17.4 Å². The number of hydrogen-bond acceptors (Lipinski definition) is 6. The molecule has 1 aliphatic rings. The second-order valence-corrected chi connectivity index (χ2v) is 9.33. The van der Waals surface area contributed by atoms with Gasteiger partial charge in [-0.25, -0.2) is 8.42 Å². The lowest BCUT2D eigenvalue weighted by Crippen LogP contribution is -2.47. The van der Waals surface area contributed by atoms with Crippen molar-refractivity contribution in [2.45, 2.75) is 50.4 Å². The second-order valence-electron chi connectivity index (χ2n) is 6.89. The van der Waals surface area contributed by atoms with Gasteiger partial charge in [0.1, 0.15) is 6.10 Å². The van der Waals surface area contributed by atoms with Gasteiger partial charge >= 0.3 is 5.97 Å². The summed E-state index contributed by atoms with van der Waals surface area (Å²) in [6, 6.07) is 7.61. The Morgan fingerprint density at radius 1 is 1.37 bits per heavy atom. The van der Waals surface area contributed by atoms with E-state index < -0.39 is 26.7 Å². The monoisotopic (exact) mass is 399 g/mol. The summed E-state index contributed by atoms with van der Waals surface area (Å²) in [5.41, 5.74) is 2.59. The van der Waals surface area contributed by atoms with E-state index in [2.05, 4.69) is 5.16 Å². The highest BCUT2D eigenvalue weighted by atomic mass is 32.2. The molecule has 0 aromatic heterocycles. The molecule has 0 amide bonds. The van der Waals surface area contributed by atoms with Crippen molar-refractivity contribution in [3.63, 3.8) is 0 Å². The van der Waals surface area contributed by atoms with Gasteiger partial charge < -0.3 is 9.57 Å². The van der Waals surface area contributed by atoms with E-state index in [-0.39, 0.29) is 19.7 Å². The van der Waals surface area contributed by atoms with Crippen LogP contribution in [-0.4, -0.2) is 50.5 Å². The summed E-state index contributed by atoms with van der Waals surface area (Å²) in [5, 5.41) is 4.06. The van der Waals surface area contributed by atoms with Gasteiger partial charge in [0, 0.05) is 19.1 Å². The highest BCUT2D eigenvalue weighted by molar-refractivity contribution is 7.92. The number of aryl methyl sites for hydroxylation is 1. The van der Waals surface area contributed by atoms with Crippen LogP contribution >= 0.6 is 0 Å². The van der Waals surface area contributed by atoms with Crippen LogP contribution in [0.2, 0.25) is 0 Å². The van der Waals surface area contributed by atoms with E-state index in [9.17, 15) is 17.6 Å².